The molecule has 1 aliphatic rings. The Morgan fingerprint density at radius 1 is 0.903 bits per heavy atom. The number of amides is 1. The first kappa shape index (κ1) is 20.8. The third kappa shape index (κ3) is 4.66. The van der Waals surface area contributed by atoms with E-state index in [0.29, 0.717) is 12.0 Å². The Kier molecular flexibility index (Phi) is 6.42. The summed E-state index contributed by atoms with van der Waals surface area (Å²) in [6, 6.07) is 27.9. The summed E-state index contributed by atoms with van der Waals surface area (Å²) in [4.78, 5) is 27.9. The molecule has 0 saturated carbocycles. The molecular formula is C28H27NO2. The molecule has 0 aliphatic carbocycles. The smallest absolute Gasteiger partial charge is 0.237 e. The van der Waals surface area contributed by atoms with Crippen molar-refractivity contribution in [3.8, 4) is 11.1 Å². The number of Topliss-reactive ketones (excluding diaryl/α,β-unsaturated/α-hetero) is 1. The molecule has 156 valence electrons. The van der Waals surface area contributed by atoms with Gasteiger partial charge in [0.25, 0.3) is 0 Å². The fraction of sp³-hybridized carbons (Fsp3) is 0.214. The molecule has 3 aromatic rings. The van der Waals surface area contributed by atoms with E-state index in [1.54, 1.807) is 17.0 Å². The minimum Gasteiger partial charge on any atom is -0.315 e. The molecule has 1 aliphatic heterocycles. The van der Waals surface area contributed by atoms with E-state index in [4.69, 9.17) is 0 Å². The topological polar surface area (TPSA) is 37.4 Å². The third-order valence-electron chi connectivity index (χ3n) is 5.86. The number of likely N-dealkylation sites (tertiary alicyclic amines) is 1. The van der Waals surface area contributed by atoms with Crippen LogP contribution >= 0.6 is 0 Å². The zero-order chi connectivity index (χ0) is 21.6. The summed E-state index contributed by atoms with van der Waals surface area (Å²) >= 11 is 0. The van der Waals surface area contributed by atoms with E-state index >= 15 is 0 Å². The van der Waals surface area contributed by atoms with E-state index < -0.39 is 5.92 Å². The van der Waals surface area contributed by atoms with Crippen molar-refractivity contribution in [2.24, 2.45) is 5.92 Å². The Balaban J connectivity index is 1.53. The molecule has 1 amide bonds. The van der Waals surface area contributed by atoms with Crippen molar-refractivity contribution in [2.45, 2.75) is 32.2 Å². The Morgan fingerprint density at radius 3 is 2.16 bits per heavy atom. The van der Waals surface area contributed by atoms with Crippen LogP contribution in [-0.2, 0) is 11.2 Å². The number of benzene rings is 3. The first-order chi connectivity index (χ1) is 15.2. The number of carbonyl (C=O) groups is 2. The summed E-state index contributed by atoms with van der Waals surface area (Å²) in [5, 5.41) is 0. The van der Waals surface area contributed by atoms with Crippen LogP contribution in [0.15, 0.2) is 97.2 Å². The molecule has 3 aromatic carbocycles. The van der Waals surface area contributed by atoms with Crippen LogP contribution in [-0.4, -0.2) is 22.6 Å². The summed E-state index contributed by atoms with van der Waals surface area (Å²) in [7, 11) is 0. The average molecular weight is 410 g/mol. The first-order valence-corrected chi connectivity index (χ1v) is 10.9. The Labute approximate surface area is 184 Å². The number of ketones is 1. The summed E-state index contributed by atoms with van der Waals surface area (Å²) in [6.07, 6.45) is 5.97. The molecule has 1 saturated heterocycles. The van der Waals surface area contributed by atoms with Gasteiger partial charge in [-0.05, 0) is 36.0 Å². The van der Waals surface area contributed by atoms with Gasteiger partial charge in [0, 0.05) is 17.8 Å². The Hall–Kier alpha value is -3.46. The van der Waals surface area contributed by atoms with Gasteiger partial charge in [-0.3, -0.25) is 9.59 Å². The number of hydrogen-bond acceptors (Lipinski definition) is 2. The molecule has 4 rings (SSSR count). The lowest BCUT2D eigenvalue weighted by Crippen LogP contribution is -2.31. The van der Waals surface area contributed by atoms with E-state index in [0.717, 1.165) is 12.8 Å². The quantitative estimate of drug-likeness (QED) is 0.359. The minimum atomic E-state index is -0.613. The van der Waals surface area contributed by atoms with Crippen LogP contribution in [0, 0.1) is 5.92 Å². The second kappa shape index (κ2) is 9.57. The molecule has 31 heavy (non-hydrogen) atoms. The van der Waals surface area contributed by atoms with Crippen LogP contribution in [0.2, 0.25) is 0 Å². The lowest BCUT2D eigenvalue weighted by atomic mass is 9.92. The monoisotopic (exact) mass is 409 g/mol. The summed E-state index contributed by atoms with van der Waals surface area (Å²) < 4.78 is 0. The highest BCUT2D eigenvalue weighted by Gasteiger charge is 2.42. The molecule has 0 aromatic heterocycles. The van der Waals surface area contributed by atoms with Gasteiger partial charge in [-0.2, -0.15) is 0 Å². The molecule has 3 heteroatoms. The van der Waals surface area contributed by atoms with Crippen molar-refractivity contribution in [1.29, 1.82) is 0 Å². The number of nitrogens with zero attached hydrogens (tertiary/aromatic N) is 1. The van der Waals surface area contributed by atoms with Crippen molar-refractivity contribution < 1.29 is 9.59 Å². The van der Waals surface area contributed by atoms with Crippen molar-refractivity contribution in [3.05, 3.63) is 108 Å². The molecule has 0 N–H and O–H groups in total. The lowest BCUT2D eigenvalue weighted by molar-refractivity contribution is -0.128. The van der Waals surface area contributed by atoms with Crippen LogP contribution in [0.4, 0.5) is 0 Å². The van der Waals surface area contributed by atoms with Crippen molar-refractivity contribution in [3.63, 3.8) is 0 Å². The molecule has 2 atom stereocenters. The van der Waals surface area contributed by atoms with Crippen LogP contribution in [0.25, 0.3) is 11.1 Å². The van der Waals surface area contributed by atoms with E-state index in [2.05, 4.69) is 36.4 Å². The van der Waals surface area contributed by atoms with Gasteiger partial charge in [-0.25, -0.2) is 0 Å². The summed E-state index contributed by atoms with van der Waals surface area (Å²) in [5.74, 6) is -0.788. The standard InChI is InChI=1S/C28H27NO2/c1-2-3-18-29-25(20-26(28(29)31)27(30)24-12-8-5-9-13-24)19-21-14-16-23(17-15-21)22-10-6-4-7-11-22/h3-18,25-26H,2,19-20H2,1H3/b18-3+/t25?,26-/m0/s1. The lowest BCUT2D eigenvalue weighted by Gasteiger charge is -2.21. The summed E-state index contributed by atoms with van der Waals surface area (Å²) in [6.45, 7) is 2.04. The zero-order valence-electron chi connectivity index (χ0n) is 17.8. The van der Waals surface area contributed by atoms with Crippen molar-refractivity contribution >= 4 is 11.7 Å². The molecule has 1 fully saturated rings. The number of allylic oxidation sites excluding steroid dienone is 1. The van der Waals surface area contributed by atoms with Gasteiger partial charge in [-0.15, -0.1) is 0 Å². The van der Waals surface area contributed by atoms with Gasteiger partial charge in [-0.1, -0.05) is 97.9 Å². The largest absolute Gasteiger partial charge is 0.315 e. The molecule has 1 unspecified atom stereocenters. The predicted octanol–water partition coefficient (Wildman–Crippen LogP) is 5.92. The van der Waals surface area contributed by atoms with Gasteiger partial charge in [0.15, 0.2) is 5.78 Å². The van der Waals surface area contributed by atoms with Gasteiger partial charge >= 0.3 is 0 Å². The first-order valence-electron chi connectivity index (χ1n) is 10.9. The van der Waals surface area contributed by atoms with Crippen LogP contribution in [0.1, 0.15) is 35.7 Å². The Morgan fingerprint density at radius 2 is 1.52 bits per heavy atom. The number of rotatable bonds is 7. The van der Waals surface area contributed by atoms with Crippen LogP contribution < -0.4 is 0 Å². The summed E-state index contributed by atoms with van der Waals surface area (Å²) in [5.41, 5.74) is 4.13. The molecule has 0 spiro atoms. The van der Waals surface area contributed by atoms with Gasteiger partial charge in [0.05, 0.1) is 0 Å². The Bertz CT molecular complexity index is 1060. The number of carbonyl (C=O) groups excluding carboxylic acids is 2. The second-order valence-electron chi connectivity index (χ2n) is 7.98. The van der Waals surface area contributed by atoms with E-state index in [-0.39, 0.29) is 17.7 Å². The fourth-order valence-corrected chi connectivity index (χ4v) is 4.20. The molecule has 0 bridgehead atoms. The average Bonchev–Trinajstić information content (AvgIpc) is 3.13. The van der Waals surface area contributed by atoms with Crippen molar-refractivity contribution in [1.82, 2.24) is 4.90 Å². The van der Waals surface area contributed by atoms with Gasteiger partial charge in [0.1, 0.15) is 5.92 Å². The predicted molar refractivity (Wildman–Crippen MR) is 125 cm³/mol. The zero-order valence-corrected chi connectivity index (χ0v) is 17.8. The maximum atomic E-state index is 13.1. The van der Waals surface area contributed by atoms with E-state index in [1.165, 1.54) is 16.7 Å². The maximum absolute atomic E-state index is 13.1. The normalized spacial score (nSPS) is 18.6. The second-order valence-corrected chi connectivity index (χ2v) is 7.98. The van der Waals surface area contributed by atoms with Gasteiger partial charge < -0.3 is 4.90 Å². The van der Waals surface area contributed by atoms with E-state index in [9.17, 15) is 9.59 Å². The minimum absolute atomic E-state index is 0.0180. The van der Waals surface area contributed by atoms with E-state index in [1.807, 2.05) is 55.6 Å². The van der Waals surface area contributed by atoms with Gasteiger partial charge in [0.2, 0.25) is 5.91 Å². The molecule has 0 radical (unpaired) electrons. The molecular weight excluding hydrogens is 382 g/mol. The SMILES string of the molecule is CC/C=C/N1C(=O)[C@H](C(=O)c2ccccc2)CC1Cc1ccc(-c2ccccc2)cc1. The number of hydrogen-bond donors (Lipinski definition) is 0. The highest BCUT2D eigenvalue weighted by Crippen LogP contribution is 2.31. The molecule has 1 heterocycles. The van der Waals surface area contributed by atoms with Crippen molar-refractivity contribution in [2.75, 3.05) is 0 Å². The third-order valence-corrected chi connectivity index (χ3v) is 5.86. The highest BCUT2D eigenvalue weighted by atomic mass is 16.2. The highest BCUT2D eigenvalue weighted by molar-refractivity contribution is 6.11. The fourth-order valence-electron chi connectivity index (χ4n) is 4.20. The van der Waals surface area contributed by atoms with Crippen LogP contribution in [0.5, 0.6) is 0 Å². The van der Waals surface area contributed by atoms with Crippen LogP contribution in [0.3, 0.4) is 0 Å². The molecule has 3 nitrogen and oxygen atoms in total. The maximum Gasteiger partial charge on any atom is 0.237 e.